The molecule has 0 bridgehead atoms. The number of aryl methyl sites for hydroxylation is 1. The number of amides is 1. The predicted octanol–water partition coefficient (Wildman–Crippen LogP) is 3.19. The molecule has 0 radical (unpaired) electrons. The highest BCUT2D eigenvalue weighted by molar-refractivity contribution is 7.12. The van der Waals surface area contributed by atoms with Gasteiger partial charge in [-0.3, -0.25) is 4.79 Å². The summed E-state index contributed by atoms with van der Waals surface area (Å²) >= 11 is 1.39. The van der Waals surface area contributed by atoms with Gasteiger partial charge in [-0.25, -0.2) is 5.43 Å². The van der Waals surface area contributed by atoms with Crippen LogP contribution in [0.5, 0.6) is 0 Å². The lowest BCUT2D eigenvalue weighted by Crippen LogP contribution is -2.18. The first-order valence-corrected chi connectivity index (χ1v) is 6.56. The lowest BCUT2D eigenvalue weighted by Gasteiger charge is -2.01. The van der Waals surface area contributed by atoms with Gasteiger partial charge in [0.2, 0.25) is 0 Å². The summed E-state index contributed by atoms with van der Waals surface area (Å²) < 4.78 is 5.48. The van der Waals surface area contributed by atoms with E-state index in [0.717, 1.165) is 11.5 Å². The highest BCUT2D eigenvalue weighted by atomic mass is 32.1. The summed E-state index contributed by atoms with van der Waals surface area (Å²) in [7, 11) is 0. The molecule has 2 aromatic rings. The van der Waals surface area contributed by atoms with Crippen molar-refractivity contribution in [2.75, 3.05) is 0 Å². The maximum Gasteiger partial charge on any atom is 0.281 e. The molecule has 0 saturated carbocycles. The zero-order valence-electron chi connectivity index (χ0n) is 10.3. The lowest BCUT2D eigenvalue weighted by molar-refractivity contribution is 0.0959. The van der Waals surface area contributed by atoms with E-state index < -0.39 is 0 Å². The molecule has 0 unspecified atom stereocenters. The van der Waals surface area contributed by atoms with Crippen LogP contribution in [-0.4, -0.2) is 11.6 Å². The van der Waals surface area contributed by atoms with E-state index in [2.05, 4.69) is 10.5 Å². The van der Waals surface area contributed by atoms with Gasteiger partial charge in [-0.15, -0.1) is 11.3 Å². The smallest absolute Gasteiger partial charge is 0.281 e. The number of hydrogen-bond acceptors (Lipinski definition) is 4. The maximum absolute atomic E-state index is 11.7. The van der Waals surface area contributed by atoms with Crippen molar-refractivity contribution in [1.29, 1.82) is 0 Å². The molecular weight excluding hydrogens is 248 g/mol. The van der Waals surface area contributed by atoms with Crippen LogP contribution < -0.4 is 5.43 Å². The molecule has 18 heavy (non-hydrogen) atoms. The van der Waals surface area contributed by atoms with Crippen LogP contribution in [0.1, 0.15) is 34.5 Å². The molecule has 1 N–H and O–H groups in total. The van der Waals surface area contributed by atoms with Crippen LogP contribution in [0.4, 0.5) is 0 Å². The molecule has 0 spiro atoms. The number of hydrogen-bond donors (Lipinski definition) is 1. The van der Waals surface area contributed by atoms with Crippen molar-refractivity contribution < 1.29 is 9.21 Å². The minimum Gasteiger partial charge on any atom is -0.460 e. The third kappa shape index (κ3) is 2.87. The van der Waals surface area contributed by atoms with Crippen LogP contribution >= 0.6 is 11.3 Å². The zero-order chi connectivity index (χ0) is 13.0. The normalized spacial score (nSPS) is 11.6. The minimum atomic E-state index is -0.195. The van der Waals surface area contributed by atoms with Gasteiger partial charge < -0.3 is 4.42 Å². The molecule has 0 fully saturated rings. The topological polar surface area (TPSA) is 54.6 Å². The summed E-state index contributed by atoms with van der Waals surface area (Å²) in [6.45, 7) is 3.84. The fourth-order valence-corrected chi connectivity index (χ4v) is 2.09. The molecule has 0 aliphatic carbocycles. The molecule has 5 heteroatoms. The molecule has 0 saturated heterocycles. The van der Waals surface area contributed by atoms with Gasteiger partial charge in [-0.1, -0.05) is 13.0 Å². The van der Waals surface area contributed by atoms with Gasteiger partial charge in [0, 0.05) is 0 Å². The minimum absolute atomic E-state index is 0.195. The molecule has 2 rings (SSSR count). The average Bonchev–Trinajstić information content (AvgIpc) is 3.01. The first-order valence-electron chi connectivity index (χ1n) is 5.68. The Morgan fingerprint density at radius 1 is 1.44 bits per heavy atom. The quantitative estimate of drug-likeness (QED) is 0.679. The van der Waals surface area contributed by atoms with Gasteiger partial charge in [0.1, 0.15) is 17.2 Å². The summed E-state index contributed by atoms with van der Waals surface area (Å²) in [5, 5.41) is 5.97. The monoisotopic (exact) mass is 262 g/mol. The highest BCUT2D eigenvalue weighted by Crippen LogP contribution is 2.10. The largest absolute Gasteiger partial charge is 0.460 e. The second-order valence-corrected chi connectivity index (χ2v) is 4.69. The fourth-order valence-electron chi connectivity index (χ4n) is 1.48. The van der Waals surface area contributed by atoms with Gasteiger partial charge in [0.25, 0.3) is 5.91 Å². The Hall–Kier alpha value is -1.88. The third-order valence-electron chi connectivity index (χ3n) is 2.40. The Labute approximate surface area is 109 Å². The maximum atomic E-state index is 11.7. The predicted molar refractivity (Wildman–Crippen MR) is 72.1 cm³/mol. The average molecular weight is 262 g/mol. The lowest BCUT2D eigenvalue weighted by atomic mass is 10.2. The molecule has 2 aromatic heterocycles. The number of nitrogens with zero attached hydrogens (tertiary/aromatic N) is 1. The summed E-state index contributed by atoms with van der Waals surface area (Å²) in [5.74, 6) is 1.33. The Kier molecular flexibility index (Phi) is 3.94. The van der Waals surface area contributed by atoms with Crippen LogP contribution in [-0.2, 0) is 0 Å². The number of carbonyl (C=O) groups is 1. The molecular formula is C13H14N2O2S. The Bertz CT molecular complexity index is 555. The number of thiophene rings is 1. The van der Waals surface area contributed by atoms with E-state index in [1.165, 1.54) is 11.3 Å². The van der Waals surface area contributed by atoms with E-state index in [-0.39, 0.29) is 5.91 Å². The van der Waals surface area contributed by atoms with Crippen molar-refractivity contribution in [3.05, 3.63) is 46.0 Å². The zero-order valence-corrected chi connectivity index (χ0v) is 11.1. The van der Waals surface area contributed by atoms with Crippen molar-refractivity contribution in [3.63, 3.8) is 0 Å². The van der Waals surface area contributed by atoms with Crippen molar-refractivity contribution in [2.24, 2.45) is 5.10 Å². The van der Waals surface area contributed by atoms with Crippen molar-refractivity contribution in [1.82, 2.24) is 5.43 Å². The molecule has 4 nitrogen and oxygen atoms in total. The molecule has 0 atom stereocenters. The number of furan rings is 1. The van der Waals surface area contributed by atoms with E-state index in [0.29, 0.717) is 17.1 Å². The van der Waals surface area contributed by atoms with Gasteiger partial charge >= 0.3 is 0 Å². The van der Waals surface area contributed by atoms with Crippen LogP contribution in [0.2, 0.25) is 0 Å². The van der Waals surface area contributed by atoms with E-state index >= 15 is 0 Å². The van der Waals surface area contributed by atoms with Crippen molar-refractivity contribution >= 4 is 23.0 Å². The van der Waals surface area contributed by atoms with Gasteiger partial charge in [-0.05, 0) is 36.9 Å². The van der Waals surface area contributed by atoms with Gasteiger partial charge in [0.05, 0.1) is 4.88 Å². The van der Waals surface area contributed by atoms with Crippen molar-refractivity contribution in [3.8, 4) is 0 Å². The summed E-state index contributed by atoms with van der Waals surface area (Å²) in [6, 6.07) is 7.33. The van der Waals surface area contributed by atoms with Crippen LogP contribution in [0.15, 0.2) is 39.2 Å². The standard InChI is InChI=1S/C13H14N2O2S/c1-3-10(11-7-6-9(2)17-11)14-15-13(16)12-5-4-8-18-12/h4-8H,3H2,1-2H3,(H,15,16). The number of hydrazone groups is 1. The van der Waals surface area contributed by atoms with Crippen LogP contribution in [0.25, 0.3) is 0 Å². The molecule has 1 amide bonds. The third-order valence-corrected chi connectivity index (χ3v) is 3.27. The van der Waals surface area contributed by atoms with Gasteiger partial charge in [-0.2, -0.15) is 5.10 Å². The first kappa shape index (κ1) is 12.6. The summed E-state index contributed by atoms with van der Waals surface area (Å²) in [6.07, 6.45) is 0.692. The molecule has 94 valence electrons. The summed E-state index contributed by atoms with van der Waals surface area (Å²) in [4.78, 5) is 12.4. The van der Waals surface area contributed by atoms with E-state index in [4.69, 9.17) is 4.42 Å². The molecule has 0 aliphatic rings. The van der Waals surface area contributed by atoms with Gasteiger partial charge in [0.15, 0.2) is 0 Å². The van der Waals surface area contributed by atoms with Crippen LogP contribution in [0, 0.1) is 6.92 Å². The van der Waals surface area contributed by atoms with Crippen LogP contribution in [0.3, 0.4) is 0 Å². The molecule has 0 aliphatic heterocycles. The van der Waals surface area contributed by atoms with E-state index in [1.54, 1.807) is 6.07 Å². The molecule has 0 aromatic carbocycles. The summed E-state index contributed by atoms with van der Waals surface area (Å²) in [5.41, 5.74) is 3.27. The van der Waals surface area contributed by atoms with E-state index in [9.17, 15) is 4.79 Å². The molecule has 2 heterocycles. The van der Waals surface area contributed by atoms with E-state index in [1.807, 2.05) is 37.4 Å². The highest BCUT2D eigenvalue weighted by Gasteiger charge is 2.08. The fraction of sp³-hybridized carbons (Fsp3) is 0.231. The number of rotatable bonds is 4. The number of nitrogens with one attached hydrogen (secondary N) is 1. The second-order valence-electron chi connectivity index (χ2n) is 3.74. The SMILES string of the molecule is CCC(=NNC(=O)c1cccs1)c1ccc(C)o1. The number of carbonyl (C=O) groups excluding carboxylic acids is 1. The second kappa shape index (κ2) is 5.64. The Morgan fingerprint density at radius 3 is 2.83 bits per heavy atom. The first-order chi connectivity index (χ1) is 8.70. The Balaban J connectivity index is 2.09. The Morgan fingerprint density at radius 2 is 2.28 bits per heavy atom. The van der Waals surface area contributed by atoms with Crippen molar-refractivity contribution in [2.45, 2.75) is 20.3 Å².